The second-order valence-corrected chi connectivity index (χ2v) is 0.100. The molecular formula is CH3Cl2NO. The molecule has 0 saturated heterocycles. The van der Waals surface area contributed by atoms with E-state index >= 15 is 0 Å². The van der Waals surface area contributed by atoms with Crippen LogP contribution in [-0.2, 0) is 0 Å². The molecule has 0 amide bonds. The van der Waals surface area contributed by atoms with Gasteiger partial charge in [0.25, 0.3) is 6.26 Å². The van der Waals surface area contributed by atoms with Gasteiger partial charge in [0.2, 0.25) is 0 Å². The summed E-state index contributed by atoms with van der Waals surface area (Å²) in [6.45, 7) is 0. The average molecular weight is 116 g/mol. The van der Waals surface area contributed by atoms with Gasteiger partial charge in [0.05, 0.1) is 0 Å². The predicted molar refractivity (Wildman–Crippen MR) is 22.0 cm³/mol. The lowest BCUT2D eigenvalue weighted by Crippen LogP contribution is -1.27. The number of hydrogen-bond acceptors (Lipinski definition) is 2. The third-order valence-corrected chi connectivity index (χ3v) is 0. The lowest BCUT2D eigenvalue weighted by Gasteiger charge is -1.25. The molecule has 0 aromatic heterocycles. The summed E-state index contributed by atoms with van der Waals surface area (Å²) in [4.78, 5) is 0. The lowest BCUT2D eigenvalue weighted by atomic mass is 11.6. The first-order chi connectivity index (χ1) is 1.41. The minimum absolute atomic E-state index is 0. The van der Waals surface area contributed by atoms with Gasteiger partial charge in [-0.25, -0.2) is 0 Å². The number of rotatable bonds is 0. The first-order valence-electron chi connectivity index (χ1n) is 0.447. The fraction of sp³-hybridized carbons (Fsp3) is 0. The molecule has 5 heavy (non-hydrogen) atoms. The second-order valence-electron chi connectivity index (χ2n) is 0.100. The van der Waals surface area contributed by atoms with E-state index in [1.165, 1.54) is 0 Å². The van der Waals surface area contributed by atoms with E-state index in [1.807, 2.05) is 0 Å². The molecule has 0 aromatic carbocycles. The molecule has 0 aliphatic heterocycles. The maximum atomic E-state index is 6.88. The Labute approximate surface area is 42.2 Å². The number of aliphatic hydroxyl groups excluding tert-OH is 1. The standard InChI is InChI=1S/CHNO.2ClH/c2-1-3;;/h3H;2*1H. The van der Waals surface area contributed by atoms with E-state index in [4.69, 9.17) is 10.4 Å². The normalized spacial score (nSPS) is 1.40. The summed E-state index contributed by atoms with van der Waals surface area (Å²) >= 11 is 0. The average Bonchev–Trinajstić information content (AvgIpc) is 0.918. The van der Waals surface area contributed by atoms with Crippen LogP contribution in [0, 0.1) is 11.5 Å². The molecule has 0 aliphatic rings. The first-order valence-corrected chi connectivity index (χ1v) is 0.447. The Morgan fingerprint density at radius 3 is 1.40 bits per heavy atom. The van der Waals surface area contributed by atoms with Crippen molar-refractivity contribution in [3.63, 3.8) is 0 Å². The van der Waals surface area contributed by atoms with Crippen LogP contribution in [-0.4, -0.2) is 5.11 Å². The topological polar surface area (TPSA) is 44.0 Å². The Hall–Kier alpha value is -0.130. The zero-order valence-electron chi connectivity index (χ0n) is 2.21. The Kier molecular flexibility index (Phi) is 176. The van der Waals surface area contributed by atoms with Gasteiger partial charge in [-0.3, -0.25) is 0 Å². The first kappa shape index (κ1) is 20.9. The Bertz CT molecular complexity index is 31.1. The van der Waals surface area contributed by atoms with Crippen molar-refractivity contribution >= 4 is 24.8 Å². The molecule has 0 unspecified atom stereocenters. The van der Waals surface area contributed by atoms with Crippen LogP contribution in [0.2, 0.25) is 0 Å². The van der Waals surface area contributed by atoms with Gasteiger partial charge in [0.1, 0.15) is 0 Å². The predicted octanol–water partition coefficient (Wildman–Crippen LogP) is 0.684. The van der Waals surface area contributed by atoms with Crippen LogP contribution in [0.25, 0.3) is 0 Å². The fourth-order valence-corrected chi connectivity index (χ4v) is 0. The van der Waals surface area contributed by atoms with Gasteiger partial charge in [0.15, 0.2) is 0 Å². The number of halogens is 2. The maximum absolute atomic E-state index is 6.88. The molecule has 0 rings (SSSR count). The third kappa shape index (κ3) is 801. The number of nitriles is 1. The largest absolute Gasteiger partial charge is 0.443 e. The van der Waals surface area contributed by atoms with Crippen molar-refractivity contribution in [3.05, 3.63) is 0 Å². The van der Waals surface area contributed by atoms with Crippen LogP contribution in [0.15, 0.2) is 0 Å². The monoisotopic (exact) mass is 115 g/mol. The van der Waals surface area contributed by atoms with E-state index in [0.29, 0.717) is 0 Å². The Balaban J connectivity index is -0.0000000200. The van der Waals surface area contributed by atoms with E-state index in [-0.39, 0.29) is 24.8 Å². The molecule has 0 spiro atoms. The highest BCUT2D eigenvalue weighted by Gasteiger charge is 1.16. The highest BCUT2D eigenvalue weighted by Crippen LogP contribution is 1.06. The fourth-order valence-electron chi connectivity index (χ4n) is 0. The summed E-state index contributed by atoms with van der Waals surface area (Å²) < 4.78 is 0. The summed E-state index contributed by atoms with van der Waals surface area (Å²) in [5, 5.41) is 13.8. The van der Waals surface area contributed by atoms with Crippen molar-refractivity contribution in [1.82, 2.24) is 0 Å². The molecule has 0 heterocycles. The molecule has 1 N–H and O–H groups in total. The Morgan fingerprint density at radius 2 is 1.40 bits per heavy atom. The molecule has 0 saturated carbocycles. The van der Waals surface area contributed by atoms with Crippen LogP contribution in [0.3, 0.4) is 0 Å². The van der Waals surface area contributed by atoms with Crippen LogP contribution in [0.5, 0.6) is 0 Å². The van der Waals surface area contributed by atoms with Gasteiger partial charge in [-0.2, -0.15) is 5.26 Å². The van der Waals surface area contributed by atoms with Crippen molar-refractivity contribution < 1.29 is 5.11 Å². The zero-order valence-corrected chi connectivity index (χ0v) is 3.84. The van der Waals surface area contributed by atoms with Gasteiger partial charge in [0, 0.05) is 0 Å². The van der Waals surface area contributed by atoms with Crippen molar-refractivity contribution in [2.45, 2.75) is 0 Å². The van der Waals surface area contributed by atoms with E-state index in [0.717, 1.165) is 6.26 Å². The van der Waals surface area contributed by atoms with E-state index in [1.54, 1.807) is 0 Å². The summed E-state index contributed by atoms with van der Waals surface area (Å²) in [5.74, 6) is 0. The van der Waals surface area contributed by atoms with Gasteiger partial charge in [-0.1, -0.05) is 0 Å². The third-order valence-electron chi connectivity index (χ3n) is 0. The summed E-state index contributed by atoms with van der Waals surface area (Å²) in [6.07, 6.45) is 0.750. The maximum Gasteiger partial charge on any atom is 0.283 e. The highest BCUT2D eigenvalue weighted by atomic mass is 35.5. The van der Waals surface area contributed by atoms with Gasteiger partial charge >= 0.3 is 0 Å². The molecule has 0 atom stereocenters. The molecule has 32 valence electrons. The van der Waals surface area contributed by atoms with Crippen LogP contribution in [0.4, 0.5) is 0 Å². The Morgan fingerprint density at radius 1 is 1.40 bits per heavy atom. The minimum Gasteiger partial charge on any atom is -0.443 e. The SMILES string of the molecule is Cl.Cl.N#CO. The zero-order chi connectivity index (χ0) is 2.71. The summed E-state index contributed by atoms with van der Waals surface area (Å²) in [5.41, 5.74) is 0. The van der Waals surface area contributed by atoms with E-state index < -0.39 is 0 Å². The van der Waals surface area contributed by atoms with Gasteiger partial charge in [-0.05, 0) is 0 Å². The smallest absolute Gasteiger partial charge is 0.283 e. The highest BCUT2D eigenvalue weighted by molar-refractivity contribution is 5.85. The summed E-state index contributed by atoms with van der Waals surface area (Å²) in [7, 11) is 0. The molecule has 4 heteroatoms. The van der Waals surface area contributed by atoms with Crippen LogP contribution in [0.1, 0.15) is 0 Å². The summed E-state index contributed by atoms with van der Waals surface area (Å²) in [6, 6.07) is 0. The van der Waals surface area contributed by atoms with E-state index in [2.05, 4.69) is 0 Å². The van der Waals surface area contributed by atoms with Crippen LogP contribution >= 0.6 is 24.8 Å². The number of hydrogen-bond donors (Lipinski definition) is 1. The molecule has 0 fully saturated rings. The quantitative estimate of drug-likeness (QED) is 0.473. The molecule has 0 aromatic rings. The van der Waals surface area contributed by atoms with E-state index in [9.17, 15) is 0 Å². The second kappa shape index (κ2) is 42.1. The van der Waals surface area contributed by atoms with Gasteiger partial charge < -0.3 is 5.11 Å². The molecular weight excluding hydrogens is 113 g/mol. The van der Waals surface area contributed by atoms with Crippen molar-refractivity contribution in [2.75, 3.05) is 0 Å². The number of aliphatic hydroxyl groups is 1. The van der Waals surface area contributed by atoms with Crippen molar-refractivity contribution in [2.24, 2.45) is 0 Å². The molecule has 0 aliphatic carbocycles. The molecule has 0 bridgehead atoms. The molecule has 0 radical (unpaired) electrons. The van der Waals surface area contributed by atoms with Gasteiger partial charge in [-0.15, -0.1) is 24.8 Å². The lowest BCUT2D eigenvalue weighted by molar-refractivity contribution is 0.503. The number of nitrogens with zero attached hydrogens (tertiary/aromatic N) is 1. The molecule has 2 nitrogen and oxygen atoms in total. The minimum atomic E-state index is 0. The van der Waals surface area contributed by atoms with Crippen molar-refractivity contribution in [3.8, 4) is 6.26 Å². The van der Waals surface area contributed by atoms with Crippen molar-refractivity contribution in [1.29, 1.82) is 5.26 Å². The van der Waals surface area contributed by atoms with Crippen LogP contribution < -0.4 is 0 Å².